The zero-order valence-electron chi connectivity index (χ0n) is 23.3. The number of fused-ring (bicyclic) bond motifs is 1. The molecule has 44 heavy (non-hydrogen) atoms. The van der Waals surface area contributed by atoms with E-state index < -0.39 is 23.9 Å². The summed E-state index contributed by atoms with van der Waals surface area (Å²) in [6.45, 7) is 1.52. The summed E-state index contributed by atoms with van der Waals surface area (Å²) in [5.41, 5.74) is 9.07. The second-order valence-electron chi connectivity index (χ2n) is 10.0. The van der Waals surface area contributed by atoms with Gasteiger partial charge in [0.1, 0.15) is 28.8 Å². The molecule has 1 aliphatic heterocycles. The zero-order valence-corrected chi connectivity index (χ0v) is 24.0. The quantitative estimate of drug-likeness (QED) is 0.302. The molecule has 1 aromatic carbocycles. The maximum Gasteiger partial charge on any atom is 0.405 e. The third-order valence-electron chi connectivity index (χ3n) is 7.26. The second-order valence-corrected chi connectivity index (χ2v) is 10.5. The maximum absolute atomic E-state index is 13.7. The standard InChI is InChI=1S/C29H24ClFN10O3/c1-38-15-20(14-35-38)23-16-41-26(19(11-32)13-36-41)25(37-23)18-3-5-24(34-12-18)39-6-8-40(9-7-39)28(42)27(44-29(33)43)17-2-4-22(31)21(30)10-17/h2-5,10,12-16,27H,6-9H2,1H3,(H2,33,43). The Morgan fingerprint density at radius 1 is 1.07 bits per heavy atom. The number of hydrogen-bond acceptors (Lipinski definition) is 9. The van der Waals surface area contributed by atoms with Crippen LogP contribution < -0.4 is 10.6 Å². The molecular formula is C29H24ClFN10O3. The Morgan fingerprint density at radius 2 is 1.86 bits per heavy atom. The van der Waals surface area contributed by atoms with Crippen LogP contribution in [0.1, 0.15) is 17.2 Å². The monoisotopic (exact) mass is 614 g/mol. The number of ether oxygens (including phenoxy) is 1. The first-order valence-electron chi connectivity index (χ1n) is 13.4. The van der Waals surface area contributed by atoms with Gasteiger partial charge in [0.2, 0.25) is 6.10 Å². The number of nitriles is 1. The fourth-order valence-corrected chi connectivity index (χ4v) is 5.27. The Bertz CT molecular complexity index is 1930. The molecule has 1 saturated heterocycles. The molecule has 13 nitrogen and oxygen atoms in total. The highest BCUT2D eigenvalue weighted by molar-refractivity contribution is 6.30. The number of carbonyl (C=O) groups excluding carboxylic acids is 2. The molecule has 0 spiro atoms. The van der Waals surface area contributed by atoms with E-state index in [4.69, 9.17) is 27.1 Å². The van der Waals surface area contributed by atoms with E-state index in [-0.39, 0.29) is 10.6 Å². The van der Waals surface area contributed by atoms with Gasteiger partial charge in [-0.25, -0.2) is 23.7 Å². The maximum atomic E-state index is 13.7. The first-order chi connectivity index (χ1) is 21.2. The van der Waals surface area contributed by atoms with E-state index in [0.29, 0.717) is 60.0 Å². The van der Waals surface area contributed by atoms with Crippen molar-refractivity contribution in [2.24, 2.45) is 12.8 Å². The van der Waals surface area contributed by atoms with Gasteiger partial charge in [0.05, 0.1) is 35.0 Å². The lowest BCUT2D eigenvalue weighted by atomic mass is 10.1. The van der Waals surface area contributed by atoms with Crippen LogP contribution in [0.4, 0.5) is 15.0 Å². The molecule has 0 saturated carbocycles. The van der Waals surface area contributed by atoms with Crippen LogP contribution >= 0.6 is 11.6 Å². The van der Waals surface area contributed by atoms with E-state index >= 15 is 0 Å². The number of aryl methyl sites for hydroxylation is 1. The lowest BCUT2D eigenvalue weighted by Gasteiger charge is -2.36. The van der Waals surface area contributed by atoms with Crippen molar-refractivity contribution in [2.45, 2.75) is 6.10 Å². The molecule has 1 fully saturated rings. The highest BCUT2D eigenvalue weighted by Crippen LogP contribution is 2.30. The molecule has 0 bridgehead atoms. The summed E-state index contributed by atoms with van der Waals surface area (Å²) in [6.07, 6.45) is 5.99. The number of primary amides is 1. The van der Waals surface area contributed by atoms with E-state index in [2.05, 4.69) is 21.3 Å². The van der Waals surface area contributed by atoms with E-state index in [1.807, 2.05) is 30.3 Å². The minimum Gasteiger partial charge on any atom is -0.431 e. The lowest BCUT2D eigenvalue weighted by Crippen LogP contribution is -2.50. The molecule has 1 atom stereocenters. The number of anilines is 1. The molecule has 0 radical (unpaired) electrons. The first-order valence-corrected chi connectivity index (χ1v) is 13.8. The van der Waals surface area contributed by atoms with Crippen LogP contribution in [0.5, 0.6) is 0 Å². The molecule has 1 unspecified atom stereocenters. The molecule has 5 aromatic rings. The minimum absolute atomic E-state index is 0.204. The van der Waals surface area contributed by atoms with Crippen molar-refractivity contribution in [1.29, 1.82) is 5.26 Å². The molecular weight excluding hydrogens is 591 g/mol. The fraction of sp³-hybridized carbons (Fsp3) is 0.207. The van der Waals surface area contributed by atoms with Gasteiger partial charge in [-0.2, -0.15) is 15.5 Å². The predicted octanol–water partition coefficient (Wildman–Crippen LogP) is 3.34. The summed E-state index contributed by atoms with van der Waals surface area (Å²) in [5.74, 6) is -0.471. The molecule has 2 amide bonds. The van der Waals surface area contributed by atoms with Crippen LogP contribution in [-0.2, 0) is 16.6 Å². The van der Waals surface area contributed by atoms with Crippen LogP contribution in [-0.4, -0.2) is 72.4 Å². The number of halogens is 2. The van der Waals surface area contributed by atoms with Gasteiger partial charge in [-0.1, -0.05) is 17.7 Å². The Kier molecular flexibility index (Phi) is 7.54. The number of amides is 2. The SMILES string of the molecule is Cn1cc(-c2cn3ncc(C#N)c3c(-c3ccc(N4CCN(C(=O)C(OC(N)=O)c5ccc(F)c(Cl)c5)CC4)nc3)n2)cn1. The van der Waals surface area contributed by atoms with Crippen molar-refractivity contribution in [3.05, 3.63) is 83.3 Å². The van der Waals surface area contributed by atoms with Crippen LogP contribution in [0.15, 0.2) is 61.3 Å². The molecule has 5 heterocycles. The summed E-state index contributed by atoms with van der Waals surface area (Å²) in [6, 6.07) is 9.56. The lowest BCUT2D eigenvalue weighted by molar-refractivity contribution is -0.140. The Labute approximate surface area is 254 Å². The topological polar surface area (TPSA) is 161 Å². The third kappa shape index (κ3) is 5.48. The van der Waals surface area contributed by atoms with Crippen LogP contribution in [0.2, 0.25) is 5.02 Å². The summed E-state index contributed by atoms with van der Waals surface area (Å²) in [7, 11) is 1.82. The van der Waals surface area contributed by atoms with E-state index in [0.717, 1.165) is 11.6 Å². The molecule has 222 valence electrons. The smallest absolute Gasteiger partial charge is 0.405 e. The summed E-state index contributed by atoms with van der Waals surface area (Å²) >= 11 is 5.89. The Hall–Kier alpha value is -5.55. The number of rotatable bonds is 6. The van der Waals surface area contributed by atoms with Crippen LogP contribution in [0, 0.1) is 17.1 Å². The normalized spacial score (nSPS) is 14.0. The number of aromatic nitrogens is 6. The van der Waals surface area contributed by atoms with Crippen LogP contribution in [0.25, 0.3) is 28.0 Å². The van der Waals surface area contributed by atoms with Gasteiger partial charge in [0.25, 0.3) is 5.91 Å². The summed E-state index contributed by atoms with van der Waals surface area (Å²) in [5, 5.41) is 18.0. The Morgan fingerprint density at radius 3 is 2.50 bits per heavy atom. The van der Waals surface area contributed by atoms with E-state index in [9.17, 15) is 19.2 Å². The van der Waals surface area contributed by atoms with Gasteiger partial charge >= 0.3 is 6.09 Å². The number of pyridine rings is 1. The van der Waals surface area contributed by atoms with Gasteiger partial charge in [-0.3, -0.25) is 9.48 Å². The van der Waals surface area contributed by atoms with Crippen LogP contribution in [0.3, 0.4) is 0 Å². The number of nitrogens with zero attached hydrogens (tertiary/aromatic N) is 9. The van der Waals surface area contributed by atoms with Gasteiger partial charge in [-0.05, 0) is 24.3 Å². The first kappa shape index (κ1) is 28.6. The minimum atomic E-state index is -1.36. The predicted molar refractivity (Wildman–Crippen MR) is 157 cm³/mol. The molecule has 15 heteroatoms. The largest absolute Gasteiger partial charge is 0.431 e. The number of carbonyl (C=O) groups is 2. The number of hydrogen-bond donors (Lipinski definition) is 1. The number of benzene rings is 1. The van der Waals surface area contributed by atoms with Crippen molar-refractivity contribution in [2.75, 3.05) is 31.1 Å². The third-order valence-corrected chi connectivity index (χ3v) is 7.55. The van der Waals surface area contributed by atoms with Gasteiger partial charge in [0, 0.05) is 62.3 Å². The van der Waals surface area contributed by atoms with Gasteiger partial charge < -0.3 is 20.3 Å². The van der Waals surface area contributed by atoms with E-state index in [1.54, 1.807) is 32.7 Å². The second kappa shape index (κ2) is 11.6. The van der Waals surface area contributed by atoms with Crippen molar-refractivity contribution < 1.29 is 18.7 Å². The molecule has 4 aromatic heterocycles. The van der Waals surface area contributed by atoms with Crippen molar-refractivity contribution >= 4 is 34.9 Å². The molecule has 0 aliphatic carbocycles. The zero-order chi connectivity index (χ0) is 31.0. The average Bonchev–Trinajstić information content (AvgIpc) is 3.66. The molecule has 1 aliphatic rings. The average molecular weight is 615 g/mol. The van der Waals surface area contributed by atoms with E-state index in [1.165, 1.54) is 18.3 Å². The molecule has 2 N–H and O–H groups in total. The highest BCUT2D eigenvalue weighted by atomic mass is 35.5. The van der Waals surface area contributed by atoms with Crippen molar-refractivity contribution in [3.63, 3.8) is 0 Å². The summed E-state index contributed by atoms with van der Waals surface area (Å²) < 4.78 is 22.1. The molecule has 6 rings (SSSR count). The van der Waals surface area contributed by atoms with Gasteiger partial charge in [-0.15, -0.1) is 0 Å². The number of piperazine rings is 1. The summed E-state index contributed by atoms with van der Waals surface area (Å²) in [4.78, 5) is 37.9. The highest BCUT2D eigenvalue weighted by Gasteiger charge is 2.32. The van der Waals surface area contributed by atoms with Crippen molar-refractivity contribution in [3.8, 4) is 28.6 Å². The Balaban J connectivity index is 1.21. The van der Waals surface area contributed by atoms with Crippen molar-refractivity contribution in [1.82, 2.24) is 34.3 Å². The fourth-order valence-electron chi connectivity index (χ4n) is 5.08. The number of nitrogens with two attached hydrogens (primary N) is 1. The van der Waals surface area contributed by atoms with Gasteiger partial charge in [0.15, 0.2) is 0 Å².